The summed E-state index contributed by atoms with van der Waals surface area (Å²) in [5.41, 5.74) is -0.0760. The number of carbonyl (C=O) groups excluding carboxylic acids is 1. The van der Waals surface area contributed by atoms with Crippen LogP contribution >= 0.6 is 0 Å². The minimum atomic E-state index is -1.04. The molecule has 4 nitrogen and oxygen atoms in total. The number of hydrogen-bond donors (Lipinski definition) is 2. The minimum absolute atomic E-state index is 0.0429. The molecule has 0 radical (unpaired) electrons. The van der Waals surface area contributed by atoms with Gasteiger partial charge in [0.05, 0.1) is 5.41 Å². The molecule has 3 atom stereocenters. The highest BCUT2D eigenvalue weighted by Gasteiger charge is 2.59. The molecule has 0 aromatic carbocycles. The summed E-state index contributed by atoms with van der Waals surface area (Å²) in [5, 5.41) is 11.9. The van der Waals surface area contributed by atoms with Gasteiger partial charge in [0.1, 0.15) is 6.04 Å². The first-order valence-electron chi connectivity index (χ1n) is 7.83. The van der Waals surface area contributed by atoms with Crippen molar-refractivity contribution in [2.75, 3.05) is 0 Å². The van der Waals surface area contributed by atoms with Gasteiger partial charge in [0.25, 0.3) is 0 Å². The van der Waals surface area contributed by atoms with Crippen molar-refractivity contribution in [1.29, 1.82) is 0 Å². The van der Waals surface area contributed by atoms with E-state index in [-0.39, 0.29) is 23.2 Å². The second-order valence-electron chi connectivity index (χ2n) is 7.82. The topological polar surface area (TPSA) is 66.4 Å². The van der Waals surface area contributed by atoms with Crippen molar-refractivity contribution in [2.24, 2.45) is 22.7 Å². The first-order chi connectivity index (χ1) is 9.86. The van der Waals surface area contributed by atoms with Crippen LogP contribution in [0, 0.1) is 35.0 Å². The van der Waals surface area contributed by atoms with Gasteiger partial charge in [0.2, 0.25) is 5.91 Å². The first-order valence-corrected chi connectivity index (χ1v) is 7.83. The Kier molecular flexibility index (Phi) is 3.27. The molecule has 4 aliphatic carbocycles. The molecule has 4 bridgehead atoms. The van der Waals surface area contributed by atoms with Gasteiger partial charge in [-0.2, -0.15) is 0 Å². The largest absolute Gasteiger partial charge is 0.480 e. The van der Waals surface area contributed by atoms with Crippen LogP contribution in [0.3, 0.4) is 0 Å². The van der Waals surface area contributed by atoms with E-state index in [4.69, 9.17) is 6.42 Å². The van der Waals surface area contributed by atoms with E-state index in [0.29, 0.717) is 11.8 Å². The Morgan fingerprint density at radius 3 is 2.43 bits per heavy atom. The third kappa shape index (κ3) is 2.43. The lowest BCUT2D eigenvalue weighted by Gasteiger charge is -2.60. The standard InChI is InChI=1S/C17H23NO3/c1-3-4-13(14(19)20)18-15(21)17-8-11-5-12(9-17)7-16(2,6-11)10-17/h1,11-13H,4-10H2,2H3,(H,18,21)(H,19,20). The van der Waals surface area contributed by atoms with Gasteiger partial charge in [-0.15, -0.1) is 12.3 Å². The Labute approximate surface area is 125 Å². The lowest BCUT2D eigenvalue weighted by molar-refractivity contribution is -0.158. The Balaban J connectivity index is 1.78. The maximum atomic E-state index is 12.8. The lowest BCUT2D eigenvalue weighted by atomic mass is 9.44. The van der Waals surface area contributed by atoms with Crippen molar-refractivity contribution in [3.05, 3.63) is 0 Å². The Bertz CT molecular complexity index is 505. The summed E-state index contributed by atoms with van der Waals surface area (Å²) in [4.78, 5) is 24.0. The molecular weight excluding hydrogens is 266 g/mol. The molecule has 0 aromatic heterocycles. The third-order valence-corrected chi connectivity index (χ3v) is 5.76. The smallest absolute Gasteiger partial charge is 0.327 e. The van der Waals surface area contributed by atoms with E-state index >= 15 is 0 Å². The Morgan fingerprint density at radius 1 is 1.33 bits per heavy atom. The highest BCUT2D eigenvalue weighted by molar-refractivity contribution is 5.88. The van der Waals surface area contributed by atoms with Gasteiger partial charge in [-0.1, -0.05) is 6.92 Å². The van der Waals surface area contributed by atoms with Crippen LogP contribution in [-0.2, 0) is 9.59 Å². The molecule has 0 spiro atoms. The second-order valence-corrected chi connectivity index (χ2v) is 7.82. The van der Waals surface area contributed by atoms with Crippen LogP contribution in [-0.4, -0.2) is 23.0 Å². The number of carboxylic acid groups (broad SMARTS) is 1. The SMILES string of the molecule is C#CCC(NC(=O)C12CC3CC(CC(C)(C3)C1)C2)C(=O)O. The average molecular weight is 289 g/mol. The van der Waals surface area contributed by atoms with Crippen LogP contribution in [0.1, 0.15) is 51.9 Å². The maximum absolute atomic E-state index is 12.8. The fraction of sp³-hybridized carbons (Fsp3) is 0.765. The normalized spacial score (nSPS) is 41.3. The Morgan fingerprint density at radius 2 is 1.95 bits per heavy atom. The molecule has 4 saturated carbocycles. The first kappa shape index (κ1) is 14.4. The number of carboxylic acids is 1. The molecule has 4 fully saturated rings. The summed E-state index contributed by atoms with van der Waals surface area (Å²) in [6.45, 7) is 2.29. The zero-order chi connectivity index (χ0) is 15.3. The van der Waals surface area contributed by atoms with Crippen molar-refractivity contribution < 1.29 is 14.7 Å². The number of nitrogens with one attached hydrogen (secondary N) is 1. The summed E-state index contributed by atoms with van der Waals surface area (Å²) in [7, 11) is 0. The zero-order valence-corrected chi connectivity index (χ0v) is 12.5. The average Bonchev–Trinajstić information content (AvgIpc) is 2.34. The molecular formula is C17H23NO3. The van der Waals surface area contributed by atoms with E-state index in [0.717, 1.165) is 19.3 Å². The number of terminal acetylenes is 1. The highest BCUT2D eigenvalue weighted by atomic mass is 16.4. The number of hydrogen-bond acceptors (Lipinski definition) is 2. The maximum Gasteiger partial charge on any atom is 0.327 e. The molecule has 4 rings (SSSR count). The monoisotopic (exact) mass is 289 g/mol. The minimum Gasteiger partial charge on any atom is -0.480 e. The van der Waals surface area contributed by atoms with Crippen LogP contribution in [0.5, 0.6) is 0 Å². The summed E-state index contributed by atoms with van der Waals surface area (Å²) < 4.78 is 0. The fourth-order valence-corrected chi connectivity index (χ4v) is 5.62. The molecule has 0 saturated heterocycles. The summed E-state index contributed by atoms with van der Waals surface area (Å²) >= 11 is 0. The summed E-state index contributed by atoms with van der Waals surface area (Å²) in [6.07, 6.45) is 11.7. The van der Waals surface area contributed by atoms with Crippen LogP contribution in [0.4, 0.5) is 0 Å². The molecule has 0 aliphatic heterocycles. The van der Waals surface area contributed by atoms with Gasteiger partial charge >= 0.3 is 5.97 Å². The molecule has 4 heteroatoms. The molecule has 4 aliphatic rings. The number of rotatable bonds is 4. The number of carbonyl (C=O) groups is 2. The molecule has 3 unspecified atom stereocenters. The van der Waals surface area contributed by atoms with Gasteiger partial charge in [0, 0.05) is 6.42 Å². The van der Waals surface area contributed by atoms with Crippen molar-refractivity contribution >= 4 is 11.9 Å². The molecule has 21 heavy (non-hydrogen) atoms. The zero-order valence-electron chi connectivity index (χ0n) is 12.5. The number of aliphatic carboxylic acids is 1. The van der Waals surface area contributed by atoms with E-state index in [1.54, 1.807) is 0 Å². The van der Waals surface area contributed by atoms with Gasteiger partial charge in [-0.3, -0.25) is 4.79 Å². The van der Waals surface area contributed by atoms with E-state index in [9.17, 15) is 14.7 Å². The predicted octanol–water partition coefficient (Wildman–Crippen LogP) is 2.19. The van der Waals surface area contributed by atoms with Gasteiger partial charge in [-0.05, 0) is 55.8 Å². The predicted molar refractivity (Wildman–Crippen MR) is 78.2 cm³/mol. The fourth-order valence-electron chi connectivity index (χ4n) is 5.62. The van der Waals surface area contributed by atoms with Gasteiger partial charge in [-0.25, -0.2) is 4.79 Å². The van der Waals surface area contributed by atoms with E-state index in [2.05, 4.69) is 18.2 Å². The Hall–Kier alpha value is -1.50. The van der Waals surface area contributed by atoms with Crippen LogP contribution in [0.15, 0.2) is 0 Å². The van der Waals surface area contributed by atoms with Crippen LogP contribution < -0.4 is 5.32 Å². The second kappa shape index (κ2) is 4.76. The molecule has 114 valence electrons. The number of amides is 1. The quantitative estimate of drug-likeness (QED) is 0.780. The molecule has 2 N–H and O–H groups in total. The van der Waals surface area contributed by atoms with Crippen molar-refractivity contribution in [1.82, 2.24) is 5.32 Å². The lowest BCUT2D eigenvalue weighted by Crippen LogP contribution is -2.58. The third-order valence-electron chi connectivity index (χ3n) is 5.76. The van der Waals surface area contributed by atoms with Crippen molar-refractivity contribution in [3.63, 3.8) is 0 Å². The summed E-state index contributed by atoms with van der Waals surface area (Å²) in [5.74, 6) is 2.49. The van der Waals surface area contributed by atoms with E-state index < -0.39 is 12.0 Å². The van der Waals surface area contributed by atoms with Crippen LogP contribution in [0.2, 0.25) is 0 Å². The highest BCUT2D eigenvalue weighted by Crippen LogP contribution is 2.65. The van der Waals surface area contributed by atoms with E-state index in [1.807, 2.05) is 0 Å². The van der Waals surface area contributed by atoms with Crippen molar-refractivity contribution in [3.8, 4) is 12.3 Å². The van der Waals surface area contributed by atoms with Crippen LogP contribution in [0.25, 0.3) is 0 Å². The van der Waals surface area contributed by atoms with Gasteiger partial charge < -0.3 is 10.4 Å². The van der Waals surface area contributed by atoms with Gasteiger partial charge in [0.15, 0.2) is 0 Å². The summed E-state index contributed by atoms with van der Waals surface area (Å²) in [6, 6.07) is -0.955. The van der Waals surface area contributed by atoms with E-state index in [1.165, 1.54) is 19.3 Å². The molecule has 0 heterocycles. The molecule has 0 aromatic rings. The molecule has 1 amide bonds. The van der Waals surface area contributed by atoms with Crippen molar-refractivity contribution in [2.45, 2.75) is 57.9 Å².